The van der Waals surface area contributed by atoms with Crippen LogP contribution in [0, 0.1) is 0 Å². The summed E-state index contributed by atoms with van der Waals surface area (Å²) >= 11 is 1.70. The maximum atomic E-state index is 11.3. The van der Waals surface area contributed by atoms with Crippen LogP contribution in [0.4, 0.5) is 0 Å². The number of carbonyl (C=O) groups excluding carboxylic acids is 1. The quantitative estimate of drug-likeness (QED) is 0.708. The normalized spacial score (nSPS) is 12.1. The SMILES string of the molecule is C=CCNC(=O)CNC(C)Cc1ccsc1. The van der Waals surface area contributed by atoms with Gasteiger partial charge < -0.3 is 10.6 Å². The van der Waals surface area contributed by atoms with Crippen molar-refractivity contribution in [2.45, 2.75) is 19.4 Å². The first-order valence-corrected chi connectivity index (χ1v) is 6.28. The Balaban J connectivity index is 2.17. The van der Waals surface area contributed by atoms with Crippen LogP contribution in [0.15, 0.2) is 29.5 Å². The molecule has 1 rings (SSSR count). The molecule has 0 aromatic carbocycles. The second-order valence-electron chi connectivity index (χ2n) is 3.71. The van der Waals surface area contributed by atoms with Crippen molar-refractivity contribution >= 4 is 17.2 Å². The highest BCUT2D eigenvalue weighted by molar-refractivity contribution is 7.07. The smallest absolute Gasteiger partial charge is 0.234 e. The van der Waals surface area contributed by atoms with E-state index in [1.807, 2.05) is 0 Å². The minimum atomic E-state index is 0.0112. The molecule has 1 atom stereocenters. The molecule has 0 aliphatic rings. The van der Waals surface area contributed by atoms with Gasteiger partial charge in [0.25, 0.3) is 0 Å². The molecule has 1 aromatic rings. The summed E-state index contributed by atoms with van der Waals surface area (Å²) < 4.78 is 0. The van der Waals surface area contributed by atoms with Gasteiger partial charge in [0.1, 0.15) is 0 Å². The monoisotopic (exact) mass is 238 g/mol. The van der Waals surface area contributed by atoms with Gasteiger partial charge in [-0.25, -0.2) is 0 Å². The second kappa shape index (κ2) is 7.19. The second-order valence-corrected chi connectivity index (χ2v) is 4.49. The molecule has 1 amide bonds. The summed E-state index contributed by atoms with van der Waals surface area (Å²) in [4.78, 5) is 11.3. The highest BCUT2D eigenvalue weighted by Crippen LogP contribution is 2.08. The Labute approximate surface area is 101 Å². The van der Waals surface area contributed by atoms with Crippen molar-refractivity contribution in [3.63, 3.8) is 0 Å². The molecule has 0 saturated carbocycles. The van der Waals surface area contributed by atoms with Gasteiger partial charge in [-0.1, -0.05) is 6.08 Å². The Morgan fingerprint density at radius 3 is 3.12 bits per heavy atom. The van der Waals surface area contributed by atoms with E-state index in [1.54, 1.807) is 17.4 Å². The number of thiophene rings is 1. The number of hydrogen-bond donors (Lipinski definition) is 2. The molecule has 1 aromatic heterocycles. The average Bonchev–Trinajstić information content (AvgIpc) is 2.76. The van der Waals surface area contributed by atoms with Crippen LogP contribution in [-0.4, -0.2) is 25.0 Å². The van der Waals surface area contributed by atoms with E-state index in [4.69, 9.17) is 0 Å². The summed E-state index contributed by atoms with van der Waals surface area (Å²) in [7, 11) is 0. The van der Waals surface area contributed by atoms with Crippen LogP contribution in [0.25, 0.3) is 0 Å². The van der Waals surface area contributed by atoms with E-state index in [9.17, 15) is 4.79 Å². The first-order valence-electron chi connectivity index (χ1n) is 5.34. The Morgan fingerprint density at radius 1 is 1.69 bits per heavy atom. The molecule has 16 heavy (non-hydrogen) atoms. The molecule has 0 spiro atoms. The molecule has 1 heterocycles. The van der Waals surface area contributed by atoms with E-state index < -0.39 is 0 Å². The maximum Gasteiger partial charge on any atom is 0.234 e. The molecular formula is C12H18N2OS. The lowest BCUT2D eigenvalue weighted by Gasteiger charge is -2.12. The molecule has 0 bridgehead atoms. The standard InChI is InChI=1S/C12H18N2OS/c1-3-5-13-12(15)8-14-10(2)7-11-4-6-16-9-11/h3-4,6,9-10,14H,1,5,7-8H2,2H3,(H,13,15). The summed E-state index contributed by atoms with van der Waals surface area (Å²) in [5.74, 6) is 0.0112. The fraction of sp³-hybridized carbons (Fsp3) is 0.417. The van der Waals surface area contributed by atoms with Crippen LogP contribution in [-0.2, 0) is 11.2 Å². The summed E-state index contributed by atoms with van der Waals surface area (Å²) in [6.45, 7) is 6.51. The zero-order valence-electron chi connectivity index (χ0n) is 9.53. The fourth-order valence-corrected chi connectivity index (χ4v) is 2.03. The Hall–Kier alpha value is -1.13. The highest BCUT2D eigenvalue weighted by Gasteiger charge is 2.05. The van der Waals surface area contributed by atoms with Crippen LogP contribution in [0.5, 0.6) is 0 Å². The van der Waals surface area contributed by atoms with Crippen molar-refractivity contribution in [3.05, 3.63) is 35.0 Å². The lowest BCUT2D eigenvalue weighted by molar-refractivity contribution is -0.120. The average molecular weight is 238 g/mol. The molecule has 0 saturated heterocycles. The number of amides is 1. The topological polar surface area (TPSA) is 41.1 Å². The van der Waals surface area contributed by atoms with Crippen molar-refractivity contribution in [2.75, 3.05) is 13.1 Å². The number of carbonyl (C=O) groups is 1. The summed E-state index contributed by atoms with van der Waals surface area (Å²) in [5, 5.41) is 10.1. The first-order chi connectivity index (χ1) is 7.72. The van der Waals surface area contributed by atoms with E-state index >= 15 is 0 Å². The zero-order chi connectivity index (χ0) is 11.8. The molecule has 88 valence electrons. The molecule has 0 radical (unpaired) electrons. The minimum absolute atomic E-state index is 0.0112. The predicted octanol–water partition coefficient (Wildman–Crippen LogP) is 1.57. The summed E-state index contributed by atoms with van der Waals surface area (Å²) in [6.07, 6.45) is 2.63. The van der Waals surface area contributed by atoms with Crippen molar-refractivity contribution < 1.29 is 4.79 Å². The molecule has 0 aliphatic heterocycles. The van der Waals surface area contributed by atoms with Crippen molar-refractivity contribution in [2.24, 2.45) is 0 Å². The summed E-state index contributed by atoms with van der Waals surface area (Å²) in [6, 6.07) is 2.42. The lowest BCUT2D eigenvalue weighted by atomic mass is 10.1. The highest BCUT2D eigenvalue weighted by atomic mass is 32.1. The number of rotatable bonds is 7. The molecule has 3 nitrogen and oxygen atoms in total. The Bertz CT molecular complexity index is 322. The third-order valence-corrected chi connectivity index (χ3v) is 2.91. The summed E-state index contributed by atoms with van der Waals surface area (Å²) in [5.41, 5.74) is 1.32. The molecule has 4 heteroatoms. The van der Waals surface area contributed by atoms with E-state index in [2.05, 4.69) is 41.0 Å². The van der Waals surface area contributed by atoms with Gasteiger partial charge in [-0.2, -0.15) is 11.3 Å². The maximum absolute atomic E-state index is 11.3. The molecule has 0 aliphatic carbocycles. The minimum Gasteiger partial charge on any atom is -0.352 e. The van der Waals surface area contributed by atoms with E-state index in [1.165, 1.54) is 5.56 Å². The van der Waals surface area contributed by atoms with Gasteiger partial charge in [0.2, 0.25) is 5.91 Å². The molecule has 2 N–H and O–H groups in total. The van der Waals surface area contributed by atoms with Gasteiger partial charge in [-0.15, -0.1) is 6.58 Å². The van der Waals surface area contributed by atoms with Crippen LogP contribution in [0.1, 0.15) is 12.5 Å². The van der Waals surface area contributed by atoms with Crippen LogP contribution in [0.3, 0.4) is 0 Å². The van der Waals surface area contributed by atoms with Crippen molar-refractivity contribution in [1.29, 1.82) is 0 Å². The van der Waals surface area contributed by atoms with E-state index in [0.717, 1.165) is 6.42 Å². The number of nitrogens with one attached hydrogen (secondary N) is 2. The van der Waals surface area contributed by atoms with E-state index in [-0.39, 0.29) is 5.91 Å². The van der Waals surface area contributed by atoms with Gasteiger partial charge in [0.15, 0.2) is 0 Å². The fourth-order valence-electron chi connectivity index (χ4n) is 1.35. The Morgan fingerprint density at radius 2 is 2.50 bits per heavy atom. The Kier molecular flexibility index (Phi) is 5.82. The largest absolute Gasteiger partial charge is 0.352 e. The first kappa shape index (κ1) is 12.9. The van der Waals surface area contributed by atoms with Gasteiger partial charge in [-0.3, -0.25) is 4.79 Å². The zero-order valence-corrected chi connectivity index (χ0v) is 10.3. The third-order valence-electron chi connectivity index (χ3n) is 2.18. The number of hydrogen-bond acceptors (Lipinski definition) is 3. The molecular weight excluding hydrogens is 220 g/mol. The van der Waals surface area contributed by atoms with Crippen LogP contribution in [0.2, 0.25) is 0 Å². The van der Waals surface area contributed by atoms with Crippen molar-refractivity contribution in [3.8, 4) is 0 Å². The van der Waals surface area contributed by atoms with Crippen molar-refractivity contribution in [1.82, 2.24) is 10.6 Å². The van der Waals surface area contributed by atoms with E-state index in [0.29, 0.717) is 19.1 Å². The predicted molar refractivity (Wildman–Crippen MR) is 68.7 cm³/mol. The van der Waals surface area contributed by atoms with Crippen LogP contribution < -0.4 is 10.6 Å². The lowest BCUT2D eigenvalue weighted by Crippen LogP contribution is -2.38. The van der Waals surface area contributed by atoms with Gasteiger partial charge in [-0.05, 0) is 35.7 Å². The van der Waals surface area contributed by atoms with Crippen LogP contribution >= 0.6 is 11.3 Å². The third kappa shape index (κ3) is 5.09. The van der Waals surface area contributed by atoms with Gasteiger partial charge in [0, 0.05) is 12.6 Å². The molecule has 1 unspecified atom stereocenters. The van der Waals surface area contributed by atoms with Gasteiger partial charge >= 0.3 is 0 Å². The molecule has 0 fully saturated rings. The van der Waals surface area contributed by atoms with Gasteiger partial charge in [0.05, 0.1) is 6.54 Å².